The maximum absolute atomic E-state index is 11.0. The van der Waals surface area contributed by atoms with Gasteiger partial charge in [0.05, 0.1) is 0 Å². The predicted molar refractivity (Wildman–Crippen MR) is 109 cm³/mol. The molecular weight excluding hydrogens is 320 g/mol. The van der Waals surface area contributed by atoms with Gasteiger partial charge in [0.2, 0.25) is 0 Å². The third-order valence-electron chi connectivity index (χ3n) is 6.22. The first-order chi connectivity index (χ1) is 11.8. The second kappa shape index (κ2) is 6.04. The fourth-order valence-electron chi connectivity index (χ4n) is 5.34. The molecule has 0 amide bonds. The molecule has 1 aromatic carbocycles. The van der Waals surface area contributed by atoms with Crippen molar-refractivity contribution in [2.24, 2.45) is 11.3 Å². The summed E-state index contributed by atoms with van der Waals surface area (Å²) in [6, 6.07) is 4.18. The number of fused-ring (bicyclic) bond motifs is 3. The van der Waals surface area contributed by atoms with Gasteiger partial charge in [-0.2, -0.15) is 0 Å². The summed E-state index contributed by atoms with van der Waals surface area (Å²) in [6.45, 7) is 17.9. The van der Waals surface area contributed by atoms with Gasteiger partial charge < -0.3 is 9.84 Å². The van der Waals surface area contributed by atoms with Crippen molar-refractivity contribution in [3.05, 3.63) is 34.9 Å². The number of hydrogen-bond acceptors (Lipinski definition) is 2. The number of rotatable bonds is 2. The van der Waals surface area contributed by atoms with Gasteiger partial charge in [0.1, 0.15) is 17.1 Å². The zero-order chi connectivity index (χ0) is 19.5. The van der Waals surface area contributed by atoms with Crippen LogP contribution in [0.25, 0.3) is 0 Å². The van der Waals surface area contributed by atoms with Crippen LogP contribution >= 0.6 is 0 Å². The fourth-order valence-corrected chi connectivity index (χ4v) is 5.34. The van der Waals surface area contributed by atoms with E-state index in [2.05, 4.69) is 67.5 Å². The number of phenolic OH excluding ortho intramolecular Hbond substituents is 1. The van der Waals surface area contributed by atoms with Crippen LogP contribution < -0.4 is 4.74 Å². The molecule has 0 aromatic heterocycles. The highest BCUT2D eigenvalue weighted by atomic mass is 16.5. The van der Waals surface area contributed by atoms with Crippen LogP contribution in [-0.4, -0.2) is 10.7 Å². The molecule has 2 aliphatic rings. The van der Waals surface area contributed by atoms with Gasteiger partial charge in [0.15, 0.2) is 0 Å². The lowest BCUT2D eigenvalue weighted by Crippen LogP contribution is -2.45. The summed E-state index contributed by atoms with van der Waals surface area (Å²) < 4.78 is 6.48. The van der Waals surface area contributed by atoms with E-state index in [0.717, 1.165) is 36.1 Å². The summed E-state index contributed by atoms with van der Waals surface area (Å²) in [5.74, 6) is 1.94. The molecule has 2 atom stereocenters. The summed E-state index contributed by atoms with van der Waals surface area (Å²) in [5, 5.41) is 11.0. The van der Waals surface area contributed by atoms with Crippen molar-refractivity contribution in [1.29, 1.82) is 0 Å². The molecule has 0 bridgehead atoms. The molecule has 0 saturated heterocycles. The topological polar surface area (TPSA) is 29.5 Å². The Hall–Kier alpha value is -1.44. The second-order valence-corrected chi connectivity index (χ2v) is 10.9. The molecule has 1 aromatic rings. The molecule has 0 radical (unpaired) electrons. The first-order valence-corrected chi connectivity index (χ1v) is 10.0. The number of hydrogen-bond donors (Lipinski definition) is 1. The van der Waals surface area contributed by atoms with Crippen molar-refractivity contribution in [3.63, 3.8) is 0 Å². The van der Waals surface area contributed by atoms with Crippen molar-refractivity contribution in [3.8, 4) is 11.5 Å². The lowest BCUT2D eigenvalue weighted by atomic mass is 9.67. The number of aromatic hydroxyl groups is 1. The van der Waals surface area contributed by atoms with E-state index >= 15 is 0 Å². The molecule has 26 heavy (non-hydrogen) atoms. The molecule has 1 N–H and O–H groups in total. The van der Waals surface area contributed by atoms with Gasteiger partial charge in [-0.15, -0.1) is 0 Å². The summed E-state index contributed by atoms with van der Waals surface area (Å²) in [5.41, 5.74) is 3.56. The molecule has 144 valence electrons. The van der Waals surface area contributed by atoms with E-state index in [1.807, 2.05) is 6.07 Å². The Morgan fingerprint density at radius 1 is 1.15 bits per heavy atom. The summed E-state index contributed by atoms with van der Waals surface area (Å²) in [7, 11) is 0. The maximum atomic E-state index is 11.0. The highest BCUT2D eigenvalue weighted by Gasteiger charge is 2.45. The number of benzene rings is 1. The van der Waals surface area contributed by atoms with Crippen LogP contribution in [0.4, 0.5) is 0 Å². The second-order valence-electron chi connectivity index (χ2n) is 10.9. The predicted octanol–water partition coefficient (Wildman–Crippen LogP) is 6.72. The Morgan fingerprint density at radius 2 is 1.81 bits per heavy atom. The van der Waals surface area contributed by atoms with Crippen molar-refractivity contribution in [2.75, 3.05) is 0 Å². The lowest BCUT2D eigenvalue weighted by molar-refractivity contribution is 0.0106. The molecule has 0 fully saturated rings. The molecular formula is C24H36O2. The molecule has 1 aliphatic carbocycles. The van der Waals surface area contributed by atoms with Gasteiger partial charge in [0.25, 0.3) is 0 Å². The SMILES string of the molecule is CC1=CC2c3c(O)cc(C(C)(C)CC(C)(C)C)cc3OC(C)(C)C2CC1. The van der Waals surface area contributed by atoms with Gasteiger partial charge in [-0.1, -0.05) is 46.3 Å². The van der Waals surface area contributed by atoms with E-state index in [-0.39, 0.29) is 22.3 Å². The number of phenols is 1. The quantitative estimate of drug-likeness (QED) is 0.596. The van der Waals surface area contributed by atoms with E-state index < -0.39 is 0 Å². The van der Waals surface area contributed by atoms with Gasteiger partial charge in [-0.3, -0.25) is 0 Å². The smallest absolute Gasteiger partial charge is 0.127 e. The number of ether oxygens (including phenoxy) is 1. The summed E-state index contributed by atoms with van der Waals surface area (Å²) in [4.78, 5) is 0. The number of allylic oxidation sites excluding steroid dienone is 2. The molecule has 2 heteroatoms. The van der Waals surface area contributed by atoms with E-state index in [0.29, 0.717) is 11.7 Å². The molecule has 2 nitrogen and oxygen atoms in total. The van der Waals surface area contributed by atoms with Crippen LogP contribution in [0.5, 0.6) is 11.5 Å². The minimum absolute atomic E-state index is 0.0204. The minimum Gasteiger partial charge on any atom is -0.507 e. The largest absolute Gasteiger partial charge is 0.507 e. The molecule has 1 aliphatic heterocycles. The van der Waals surface area contributed by atoms with Crippen LogP contribution in [-0.2, 0) is 5.41 Å². The molecule has 1 heterocycles. The minimum atomic E-state index is -0.214. The van der Waals surface area contributed by atoms with Crippen LogP contribution in [0.1, 0.15) is 91.7 Å². The highest BCUT2D eigenvalue weighted by molar-refractivity contribution is 5.55. The lowest BCUT2D eigenvalue weighted by Gasteiger charge is -2.47. The van der Waals surface area contributed by atoms with Crippen LogP contribution in [0.15, 0.2) is 23.8 Å². The Labute approximate surface area is 159 Å². The summed E-state index contributed by atoms with van der Waals surface area (Å²) in [6.07, 6.45) is 5.65. The van der Waals surface area contributed by atoms with Crippen molar-refractivity contribution >= 4 is 0 Å². The van der Waals surface area contributed by atoms with E-state index in [4.69, 9.17) is 4.74 Å². The van der Waals surface area contributed by atoms with Crippen LogP contribution in [0, 0.1) is 11.3 Å². The normalized spacial score (nSPS) is 25.0. The highest BCUT2D eigenvalue weighted by Crippen LogP contribution is 2.54. The first kappa shape index (κ1) is 19.3. The Balaban J connectivity index is 2.10. The van der Waals surface area contributed by atoms with E-state index in [1.54, 1.807) is 0 Å². The zero-order valence-corrected chi connectivity index (χ0v) is 17.9. The fraction of sp³-hybridized carbons (Fsp3) is 0.667. The Bertz CT molecular complexity index is 731. The molecule has 3 rings (SSSR count). The van der Waals surface area contributed by atoms with Gasteiger partial charge in [-0.05, 0) is 68.6 Å². The van der Waals surface area contributed by atoms with Crippen molar-refractivity contribution < 1.29 is 9.84 Å². The maximum Gasteiger partial charge on any atom is 0.127 e. The Kier molecular flexibility index (Phi) is 4.49. The van der Waals surface area contributed by atoms with Crippen LogP contribution in [0.3, 0.4) is 0 Å². The average Bonchev–Trinajstić information content (AvgIpc) is 2.42. The molecule has 0 saturated carbocycles. The first-order valence-electron chi connectivity index (χ1n) is 10.0. The van der Waals surface area contributed by atoms with Crippen LogP contribution in [0.2, 0.25) is 0 Å². The van der Waals surface area contributed by atoms with E-state index in [9.17, 15) is 5.11 Å². The van der Waals surface area contributed by atoms with Gasteiger partial charge in [0, 0.05) is 17.4 Å². The third kappa shape index (κ3) is 3.52. The van der Waals surface area contributed by atoms with Gasteiger partial charge in [-0.25, -0.2) is 0 Å². The monoisotopic (exact) mass is 356 g/mol. The zero-order valence-electron chi connectivity index (χ0n) is 17.9. The molecule has 2 unspecified atom stereocenters. The average molecular weight is 357 g/mol. The third-order valence-corrected chi connectivity index (χ3v) is 6.22. The van der Waals surface area contributed by atoms with E-state index in [1.165, 1.54) is 5.57 Å². The van der Waals surface area contributed by atoms with Crippen molar-refractivity contribution in [2.45, 2.75) is 91.6 Å². The Morgan fingerprint density at radius 3 is 2.42 bits per heavy atom. The van der Waals surface area contributed by atoms with Crippen molar-refractivity contribution in [1.82, 2.24) is 0 Å². The van der Waals surface area contributed by atoms with Gasteiger partial charge >= 0.3 is 0 Å². The standard InChI is InChI=1S/C24H36O2/c1-15-9-10-18-17(11-15)21-19(25)12-16(13-20(21)26-24(18,7)8)23(5,6)14-22(2,3)4/h11-13,17-18,25H,9-10,14H2,1-8H3. The molecule has 0 spiro atoms. The summed E-state index contributed by atoms with van der Waals surface area (Å²) >= 11 is 0.